The summed E-state index contributed by atoms with van der Waals surface area (Å²) >= 11 is 6.11. The predicted octanol–water partition coefficient (Wildman–Crippen LogP) is 4.88. The normalized spacial score (nSPS) is 10.3. The largest absolute Gasteiger partial charge is 0.495 e. The van der Waals surface area contributed by atoms with E-state index in [2.05, 4.69) is 15.6 Å². The smallest absolute Gasteiger partial charge is 0.257 e. The van der Waals surface area contributed by atoms with Gasteiger partial charge in [-0.3, -0.25) is 9.78 Å². The molecule has 1 aromatic heterocycles. The van der Waals surface area contributed by atoms with Crippen molar-refractivity contribution >= 4 is 34.6 Å². The maximum absolute atomic E-state index is 13.2. The SMILES string of the molecule is COc1ccc(Nc2cncc(C(=O)Nc3cccc(F)c3)c2)cc1Cl. The lowest BCUT2D eigenvalue weighted by Crippen LogP contribution is -2.12. The molecule has 0 fully saturated rings. The highest BCUT2D eigenvalue weighted by Crippen LogP contribution is 2.28. The first-order chi connectivity index (χ1) is 12.5. The van der Waals surface area contributed by atoms with Crippen molar-refractivity contribution in [3.05, 3.63) is 77.3 Å². The maximum atomic E-state index is 13.2. The molecule has 2 aromatic carbocycles. The van der Waals surface area contributed by atoms with E-state index < -0.39 is 5.82 Å². The van der Waals surface area contributed by atoms with Crippen molar-refractivity contribution in [1.82, 2.24) is 4.98 Å². The van der Waals surface area contributed by atoms with E-state index in [0.29, 0.717) is 27.7 Å². The number of benzene rings is 2. The lowest BCUT2D eigenvalue weighted by atomic mass is 10.2. The maximum Gasteiger partial charge on any atom is 0.257 e. The Morgan fingerprint density at radius 2 is 1.92 bits per heavy atom. The number of anilines is 3. The van der Waals surface area contributed by atoms with Crippen molar-refractivity contribution in [1.29, 1.82) is 0 Å². The minimum Gasteiger partial charge on any atom is -0.495 e. The molecule has 0 aliphatic rings. The molecule has 2 N–H and O–H groups in total. The Morgan fingerprint density at radius 1 is 1.08 bits per heavy atom. The van der Waals surface area contributed by atoms with Crippen molar-refractivity contribution in [3.8, 4) is 5.75 Å². The molecule has 0 saturated carbocycles. The zero-order valence-electron chi connectivity index (χ0n) is 13.8. The molecule has 26 heavy (non-hydrogen) atoms. The highest BCUT2D eigenvalue weighted by Gasteiger charge is 2.09. The quantitative estimate of drug-likeness (QED) is 0.671. The summed E-state index contributed by atoms with van der Waals surface area (Å²) in [5, 5.41) is 6.22. The zero-order chi connectivity index (χ0) is 18.5. The van der Waals surface area contributed by atoms with Crippen LogP contribution in [0, 0.1) is 5.82 Å². The van der Waals surface area contributed by atoms with E-state index in [4.69, 9.17) is 16.3 Å². The molecule has 0 aliphatic heterocycles. The fourth-order valence-corrected chi connectivity index (χ4v) is 2.57. The average molecular weight is 372 g/mol. The van der Waals surface area contributed by atoms with E-state index in [-0.39, 0.29) is 5.91 Å². The van der Waals surface area contributed by atoms with Crippen molar-refractivity contribution < 1.29 is 13.9 Å². The third-order valence-electron chi connectivity index (χ3n) is 3.52. The van der Waals surface area contributed by atoms with Crippen LogP contribution in [0.3, 0.4) is 0 Å². The van der Waals surface area contributed by atoms with Crippen LogP contribution in [-0.2, 0) is 0 Å². The third-order valence-corrected chi connectivity index (χ3v) is 3.82. The molecule has 3 aromatic rings. The van der Waals surface area contributed by atoms with Gasteiger partial charge in [-0.1, -0.05) is 17.7 Å². The van der Waals surface area contributed by atoms with Crippen LogP contribution < -0.4 is 15.4 Å². The van der Waals surface area contributed by atoms with E-state index in [0.717, 1.165) is 5.69 Å². The van der Waals surface area contributed by atoms with Crippen LogP contribution >= 0.6 is 11.6 Å². The molecule has 7 heteroatoms. The van der Waals surface area contributed by atoms with Gasteiger partial charge in [-0.05, 0) is 42.5 Å². The summed E-state index contributed by atoms with van der Waals surface area (Å²) in [6.45, 7) is 0. The monoisotopic (exact) mass is 371 g/mol. The molecule has 0 aliphatic carbocycles. The fourth-order valence-electron chi connectivity index (χ4n) is 2.31. The minimum absolute atomic E-state index is 0.332. The topological polar surface area (TPSA) is 63.2 Å². The highest BCUT2D eigenvalue weighted by atomic mass is 35.5. The van der Waals surface area contributed by atoms with Gasteiger partial charge in [-0.15, -0.1) is 0 Å². The molecule has 0 unspecified atom stereocenters. The highest BCUT2D eigenvalue weighted by molar-refractivity contribution is 6.32. The van der Waals surface area contributed by atoms with Crippen molar-refractivity contribution in [2.24, 2.45) is 0 Å². The molecule has 0 atom stereocenters. The molecular weight excluding hydrogens is 357 g/mol. The van der Waals surface area contributed by atoms with Crippen LogP contribution in [0.25, 0.3) is 0 Å². The molecule has 3 rings (SSSR count). The number of nitrogens with zero attached hydrogens (tertiary/aromatic N) is 1. The van der Waals surface area contributed by atoms with Gasteiger partial charge in [0.15, 0.2) is 0 Å². The zero-order valence-corrected chi connectivity index (χ0v) is 14.5. The summed E-state index contributed by atoms with van der Waals surface area (Å²) in [6, 6.07) is 12.6. The number of carbonyl (C=O) groups is 1. The Balaban J connectivity index is 1.75. The van der Waals surface area contributed by atoms with Crippen molar-refractivity contribution in [3.63, 3.8) is 0 Å². The van der Waals surface area contributed by atoms with Gasteiger partial charge in [0.05, 0.1) is 29.6 Å². The van der Waals surface area contributed by atoms with E-state index in [1.165, 1.54) is 24.4 Å². The van der Waals surface area contributed by atoms with Crippen LogP contribution in [0.1, 0.15) is 10.4 Å². The Hall–Kier alpha value is -3.12. The minimum atomic E-state index is -0.423. The Bertz CT molecular complexity index is 950. The van der Waals surface area contributed by atoms with Gasteiger partial charge in [0.25, 0.3) is 5.91 Å². The summed E-state index contributed by atoms with van der Waals surface area (Å²) in [6.07, 6.45) is 3.01. The van der Waals surface area contributed by atoms with E-state index in [9.17, 15) is 9.18 Å². The lowest BCUT2D eigenvalue weighted by Gasteiger charge is -2.10. The van der Waals surface area contributed by atoms with Gasteiger partial charge < -0.3 is 15.4 Å². The average Bonchev–Trinajstić information content (AvgIpc) is 2.62. The van der Waals surface area contributed by atoms with E-state index in [1.54, 1.807) is 43.6 Å². The van der Waals surface area contributed by atoms with E-state index >= 15 is 0 Å². The first-order valence-electron chi connectivity index (χ1n) is 7.67. The number of amides is 1. The molecule has 1 amide bonds. The second-order valence-electron chi connectivity index (χ2n) is 5.40. The number of hydrogen-bond acceptors (Lipinski definition) is 4. The number of hydrogen-bond donors (Lipinski definition) is 2. The number of aromatic nitrogens is 1. The number of pyridine rings is 1. The molecule has 0 saturated heterocycles. The second-order valence-corrected chi connectivity index (χ2v) is 5.81. The molecule has 5 nitrogen and oxygen atoms in total. The van der Waals surface area contributed by atoms with Crippen LogP contribution in [0.15, 0.2) is 60.9 Å². The molecule has 0 bridgehead atoms. The Kier molecular flexibility index (Phi) is 5.34. The van der Waals surface area contributed by atoms with Gasteiger partial charge in [-0.2, -0.15) is 0 Å². The van der Waals surface area contributed by atoms with Gasteiger partial charge >= 0.3 is 0 Å². The number of methoxy groups -OCH3 is 1. The number of halogens is 2. The fraction of sp³-hybridized carbons (Fsp3) is 0.0526. The van der Waals surface area contributed by atoms with Crippen LogP contribution in [0.4, 0.5) is 21.5 Å². The van der Waals surface area contributed by atoms with Crippen LogP contribution in [0.2, 0.25) is 5.02 Å². The first-order valence-corrected chi connectivity index (χ1v) is 8.05. The van der Waals surface area contributed by atoms with Gasteiger partial charge in [-0.25, -0.2) is 4.39 Å². The number of nitrogens with one attached hydrogen (secondary N) is 2. The molecule has 0 radical (unpaired) electrons. The number of ether oxygens (including phenoxy) is 1. The van der Waals surface area contributed by atoms with Gasteiger partial charge in [0, 0.05) is 17.6 Å². The molecule has 0 spiro atoms. The molecular formula is C19H15ClFN3O2. The van der Waals surface area contributed by atoms with Gasteiger partial charge in [0.2, 0.25) is 0 Å². The van der Waals surface area contributed by atoms with Crippen LogP contribution in [0.5, 0.6) is 5.75 Å². The standard InChI is InChI=1S/C19H15ClFN3O2/c1-26-18-6-5-15(9-17(18)20)23-16-7-12(10-22-11-16)19(25)24-14-4-2-3-13(21)8-14/h2-11,23H,1H3,(H,24,25). The summed E-state index contributed by atoms with van der Waals surface area (Å²) in [7, 11) is 1.54. The Labute approximate surface area is 154 Å². The van der Waals surface area contributed by atoms with Crippen molar-refractivity contribution in [2.75, 3.05) is 17.7 Å². The van der Waals surface area contributed by atoms with Gasteiger partial charge in [0.1, 0.15) is 11.6 Å². The summed E-state index contributed by atoms with van der Waals surface area (Å²) in [5.41, 5.74) is 2.03. The van der Waals surface area contributed by atoms with Crippen LogP contribution in [-0.4, -0.2) is 18.0 Å². The predicted molar refractivity (Wildman–Crippen MR) is 99.9 cm³/mol. The molecule has 132 valence electrons. The number of carbonyl (C=O) groups excluding carboxylic acids is 1. The van der Waals surface area contributed by atoms with Crippen molar-refractivity contribution in [2.45, 2.75) is 0 Å². The third kappa shape index (κ3) is 4.29. The van der Waals surface area contributed by atoms with E-state index in [1.807, 2.05) is 0 Å². The summed E-state index contributed by atoms with van der Waals surface area (Å²) in [5.74, 6) is -0.245. The Morgan fingerprint density at radius 3 is 2.65 bits per heavy atom. The first kappa shape index (κ1) is 17.7. The summed E-state index contributed by atoms with van der Waals surface area (Å²) < 4.78 is 18.3. The second kappa shape index (κ2) is 7.84. The number of rotatable bonds is 5. The lowest BCUT2D eigenvalue weighted by molar-refractivity contribution is 0.102. The molecule has 1 heterocycles. The summed E-state index contributed by atoms with van der Waals surface area (Å²) in [4.78, 5) is 16.4.